The minimum absolute atomic E-state index is 0.0283. The second-order valence-electron chi connectivity index (χ2n) is 8.86. The third kappa shape index (κ3) is 5.18. The first kappa shape index (κ1) is 25.5. The van der Waals surface area contributed by atoms with Gasteiger partial charge >= 0.3 is 0 Å². The fourth-order valence-corrected chi connectivity index (χ4v) is 4.44. The van der Waals surface area contributed by atoms with Crippen molar-refractivity contribution < 1.29 is 19.2 Å². The largest absolute Gasteiger partial charge is 0.378 e. The van der Waals surface area contributed by atoms with Gasteiger partial charge in [-0.2, -0.15) is 9.78 Å². The summed E-state index contributed by atoms with van der Waals surface area (Å²) in [4.78, 5) is 50.9. The maximum atomic E-state index is 13.6. The van der Waals surface area contributed by atoms with Gasteiger partial charge in [-0.15, -0.1) is 0 Å². The van der Waals surface area contributed by atoms with Gasteiger partial charge in [0.1, 0.15) is 5.69 Å². The summed E-state index contributed by atoms with van der Waals surface area (Å²) < 4.78 is 6.46. The topological polar surface area (TPSA) is 149 Å². The van der Waals surface area contributed by atoms with E-state index in [2.05, 4.69) is 16.0 Å². The van der Waals surface area contributed by atoms with Crippen LogP contribution in [0.15, 0.2) is 71.5 Å². The average Bonchev–Trinajstić information content (AvgIpc) is 2.96. The Hall–Kier alpha value is -5.10. The number of carbonyl (C=O) groups excluding carboxylic acids is 2. The van der Waals surface area contributed by atoms with Crippen LogP contribution in [0.1, 0.15) is 17.3 Å². The lowest BCUT2D eigenvalue weighted by atomic mass is 10.0. The van der Waals surface area contributed by atoms with Crippen molar-refractivity contribution in [3.63, 3.8) is 0 Å². The smallest absolute Gasteiger partial charge is 0.295 e. The number of hydrazine groups is 1. The van der Waals surface area contributed by atoms with Crippen LogP contribution in [0.25, 0.3) is 27.7 Å². The zero-order chi connectivity index (χ0) is 27.5. The molecular formula is C27H24N6O6. The first-order valence-electron chi connectivity index (χ1n) is 12.1. The highest BCUT2D eigenvalue weighted by atomic mass is 16.6. The summed E-state index contributed by atoms with van der Waals surface area (Å²) in [6.45, 7) is 3.53. The third-order valence-electron chi connectivity index (χ3n) is 6.32. The Balaban J connectivity index is 1.69. The first-order valence-corrected chi connectivity index (χ1v) is 12.1. The number of hydrogen-bond donors (Lipinski definition) is 2. The number of nitro groups is 1. The van der Waals surface area contributed by atoms with Crippen molar-refractivity contribution >= 4 is 34.0 Å². The number of fused-ring (bicyclic) bond motifs is 1. The van der Waals surface area contributed by atoms with Crippen LogP contribution in [-0.4, -0.2) is 52.8 Å². The maximum absolute atomic E-state index is 13.6. The van der Waals surface area contributed by atoms with Gasteiger partial charge in [-0.3, -0.25) is 35.3 Å². The van der Waals surface area contributed by atoms with Gasteiger partial charge < -0.3 is 9.64 Å². The number of benzene rings is 3. The molecule has 1 fully saturated rings. The molecule has 0 spiro atoms. The summed E-state index contributed by atoms with van der Waals surface area (Å²) in [5, 5.41) is 17.4. The average molecular weight is 529 g/mol. The minimum Gasteiger partial charge on any atom is -0.378 e. The molecule has 1 aliphatic rings. The monoisotopic (exact) mass is 528 g/mol. The van der Waals surface area contributed by atoms with Crippen molar-refractivity contribution in [2.45, 2.75) is 6.92 Å². The number of ether oxygens (including phenoxy) is 1. The lowest BCUT2D eigenvalue weighted by Gasteiger charge is -2.29. The van der Waals surface area contributed by atoms with Crippen LogP contribution >= 0.6 is 0 Å². The molecule has 0 unspecified atom stereocenters. The van der Waals surface area contributed by atoms with Crippen molar-refractivity contribution in [3.05, 3.63) is 92.8 Å². The zero-order valence-electron chi connectivity index (χ0n) is 20.9. The summed E-state index contributed by atoms with van der Waals surface area (Å²) in [5.74, 6) is -0.973. The Bertz CT molecular complexity index is 1660. The van der Waals surface area contributed by atoms with Gasteiger partial charge in [-0.1, -0.05) is 30.3 Å². The SMILES string of the molecule is CC(=O)NNC(=O)c1cccc(-c2nn(-c3cc(N4CCOCC4)ccc3[N+](=O)[O-])c(=O)c3ccccc23)c1. The molecule has 5 rings (SSSR count). The number of rotatable bonds is 5. The molecule has 12 nitrogen and oxygen atoms in total. The Kier molecular flexibility index (Phi) is 7.02. The van der Waals surface area contributed by atoms with Crippen molar-refractivity contribution in [3.8, 4) is 16.9 Å². The summed E-state index contributed by atoms with van der Waals surface area (Å²) in [7, 11) is 0. The molecule has 198 valence electrons. The second kappa shape index (κ2) is 10.7. The Morgan fingerprint density at radius 2 is 1.72 bits per heavy atom. The summed E-state index contributed by atoms with van der Waals surface area (Å²) >= 11 is 0. The van der Waals surface area contributed by atoms with Crippen LogP contribution in [0.2, 0.25) is 0 Å². The standard InChI is InChI=1S/C27H24N6O6/c1-17(34)28-29-26(35)19-6-4-5-18(15-19)25-21-7-2-3-8-22(21)27(36)32(30-25)24-16-20(9-10-23(24)33(37)38)31-11-13-39-14-12-31/h2-10,15-16H,11-14H2,1H3,(H,28,34)(H,29,35). The van der Waals surface area contributed by atoms with Crippen LogP contribution in [0.5, 0.6) is 0 Å². The first-order chi connectivity index (χ1) is 18.8. The molecular weight excluding hydrogens is 504 g/mol. The lowest BCUT2D eigenvalue weighted by molar-refractivity contribution is -0.384. The van der Waals surface area contributed by atoms with Crippen LogP contribution < -0.4 is 21.3 Å². The predicted octanol–water partition coefficient (Wildman–Crippen LogP) is 2.58. The van der Waals surface area contributed by atoms with Gasteiger partial charge in [0.25, 0.3) is 17.2 Å². The summed E-state index contributed by atoms with van der Waals surface area (Å²) in [5.41, 5.74) is 5.60. The van der Waals surface area contributed by atoms with E-state index in [9.17, 15) is 24.5 Å². The van der Waals surface area contributed by atoms with E-state index in [4.69, 9.17) is 4.74 Å². The van der Waals surface area contributed by atoms with Crippen LogP contribution in [0.4, 0.5) is 11.4 Å². The number of aromatic nitrogens is 2. The number of nitro benzene ring substituents is 1. The highest BCUT2D eigenvalue weighted by molar-refractivity contribution is 5.98. The third-order valence-corrected chi connectivity index (χ3v) is 6.32. The van der Waals surface area contributed by atoms with E-state index in [-0.39, 0.29) is 16.9 Å². The fourth-order valence-electron chi connectivity index (χ4n) is 4.44. The Morgan fingerprint density at radius 1 is 0.974 bits per heavy atom. The van der Waals surface area contributed by atoms with Crippen molar-refractivity contribution in [1.29, 1.82) is 0 Å². The quantitative estimate of drug-likeness (QED) is 0.297. The van der Waals surface area contributed by atoms with E-state index >= 15 is 0 Å². The van der Waals surface area contributed by atoms with Crippen molar-refractivity contribution in [1.82, 2.24) is 20.6 Å². The molecule has 2 amide bonds. The van der Waals surface area contributed by atoms with E-state index < -0.39 is 22.3 Å². The van der Waals surface area contributed by atoms with E-state index in [0.717, 1.165) is 4.68 Å². The normalized spacial score (nSPS) is 13.2. The molecule has 1 aliphatic heterocycles. The molecule has 12 heteroatoms. The summed E-state index contributed by atoms with van der Waals surface area (Å²) in [6, 6.07) is 17.9. The molecule has 2 N–H and O–H groups in total. The van der Waals surface area contributed by atoms with Crippen molar-refractivity contribution in [2.75, 3.05) is 31.2 Å². The number of nitrogens with zero attached hydrogens (tertiary/aromatic N) is 4. The van der Waals surface area contributed by atoms with E-state index in [1.807, 2.05) is 4.90 Å². The zero-order valence-corrected chi connectivity index (χ0v) is 20.9. The van der Waals surface area contributed by atoms with Crippen molar-refractivity contribution in [2.24, 2.45) is 0 Å². The Labute approximate surface area is 221 Å². The molecule has 0 saturated carbocycles. The molecule has 4 aromatic rings. The molecule has 0 aliphatic carbocycles. The molecule has 39 heavy (non-hydrogen) atoms. The highest BCUT2D eigenvalue weighted by Crippen LogP contribution is 2.31. The fraction of sp³-hybridized carbons (Fsp3) is 0.185. The predicted molar refractivity (Wildman–Crippen MR) is 144 cm³/mol. The van der Waals surface area contributed by atoms with E-state index in [1.54, 1.807) is 60.7 Å². The molecule has 0 bridgehead atoms. The molecule has 1 saturated heterocycles. The maximum Gasteiger partial charge on any atom is 0.295 e. The molecule has 0 radical (unpaired) electrons. The van der Waals surface area contributed by atoms with Gasteiger partial charge in [0.05, 0.1) is 29.2 Å². The minimum atomic E-state index is -0.547. The van der Waals surface area contributed by atoms with E-state index in [0.29, 0.717) is 54.0 Å². The van der Waals surface area contributed by atoms with Gasteiger partial charge in [0.15, 0.2) is 0 Å². The number of carbonyl (C=O) groups is 2. The number of amides is 2. The lowest BCUT2D eigenvalue weighted by Crippen LogP contribution is -2.40. The van der Waals surface area contributed by atoms with Crippen LogP contribution in [-0.2, 0) is 9.53 Å². The van der Waals surface area contributed by atoms with Gasteiger partial charge in [0, 0.05) is 48.3 Å². The number of anilines is 1. The van der Waals surface area contributed by atoms with Gasteiger partial charge in [-0.25, -0.2) is 0 Å². The Morgan fingerprint density at radius 3 is 2.44 bits per heavy atom. The molecule has 3 aromatic carbocycles. The highest BCUT2D eigenvalue weighted by Gasteiger charge is 2.23. The van der Waals surface area contributed by atoms with E-state index in [1.165, 1.54) is 13.0 Å². The number of hydrogen-bond acceptors (Lipinski definition) is 8. The van der Waals surface area contributed by atoms with Gasteiger partial charge in [-0.05, 0) is 30.3 Å². The number of nitrogens with one attached hydrogen (secondary N) is 2. The molecule has 1 aromatic heterocycles. The van der Waals surface area contributed by atoms with Gasteiger partial charge in [0.2, 0.25) is 5.91 Å². The number of morpholine rings is 1. The second-order valence-corrected chi connectivity index (χ2v) is 8.86. The molecule has 2 heterocycles. The molecule has 0 atom stereocenters. The van der Waals surface area contributed by atoms with Crippen LogP contribution in [0, 0.1) is 10.1 Å². The summed E-state index contributed by atoms with van der Waals surface area (Å²) in [6.07, 6.45) is 0. The van der Waals surface area contributed by atoms with Crippen LogP contribution in [0.3, 0.4) is 0 Å².